The van der Waals surface area contributed by atoms with Gasteiger partial charge in [0.15, 0.2) is 0 Å². The Hall–Kier alpha value is -2.46. The Kier molecular flexibility index (Phi) is 3.31. The largest absolute Gasteiger partial charge is 0.321 e. The minimum absolute atomic E-state index is 0.162. The molecule has 1 aliphatic rings. The lowest BCUT2D eigenvalue weighted by atomic mass is 10.1. The van der Waals surface area contributed by atoms with E-state index in [1.54, 1.807) is 36.4 Å². The molecule has 0 aliphatic carbocycles. The Bertz CT molecular complexity index is 749. The van der Waals surface area contributed by atoms with Gasteiger partial charge in [-0.25, -0.2) is 0 Å². The first kappa shape index (κ1) is 13.5. The van der Waals surface area contributed by atoms with Gasteiger partial charge >= 0.3 is 5.91 Å². The van der Waals surface area contributed by atoms with Gasteiger partial charge in [0.2, 0.25) is 0 Å². The second-order valence-corrected chi connectivity index (χ2v) is 5.17. The number of benzene rings is 2. The molecule has 104 valence electrons. The molecule has 0 saturated heterocycles. The van der Waals surface area contributed by atoms with E-state index < -0.39 is 11.7 Å². The van der Waals surface area contributed by atoms with E-state index in [0.29, 0.717) is 16.3 Å². The molecule has 21 heavy (non-hydrogen) atoms. The first-order valence-electron chi connectivity index (χ1n) is 6.36. The highest BCUT2D eigenvalue weighted by Gasteiger charge is 2.35. The van der Waals surface area contributed by atoms with E-state index >= 15 is 0 Å². The third kappa shape index (κ3) is 2.45. The van der Waals surface area contributed by atoms with Gasteiger partial charge in [0.05, 0.1) is 5.69 Å². The van der Waals surface area contributed by atoms with Crippen LogP contribution in [-0.4, -0.2) is 17.4 Å². The van der Waals surface area contributed by atoms with Crippen LogP contribution < -0.4 is 5.01 Å². The summed E-state index contributed by atoms with van der Waals surface area (Å²) in [5, 5.41) is 5.82. The molecule has 4 nitrogen and oxygen atoms in total. The number of nitrogens with zero attached hydrogens (tertiary/aromatic N) is 2. The third-order valence-corrected chi connectivity index (χ3v) is 3.45. The van der Waals surface area contributed by atoms with Crippen molar-refractivity contribution in [3.63, 3.8) is 0 Å². The van der Waals surface area contributed by atoms with Crippen molar-refractivity contribution in [2.75, 3.05) is 5.01 Å². The van der Waals surface area contributed by atoms with E-state index in [-0.39, 0.29) is 5.71 Å². The molecular weight excluding hydrogens is 288 g/mol. The molecule has 0 spiro atoms. The molecule has 0 unspecified atom stereocenters. The zero-order valence-electron chi connectivity index (χ0n) is 11.2. The molecule has 0 N–H and O–H groups in total. The summed E-state index contributed by atoms with van der Waals surface area (Å²) >= 11 is 5.82. The molecule has 0 saturated carbocycles. The number of carbonyl (C=O) groups is 2. The zero-order valence-corrected chi connectivity index (χ0v) is 12.0. The van der Waals surface area contributed by atoms with Crippen LogP contribution in [0.5, 0.6) is 0 Å². The monoisotopic (exact) mass is 298 g/mol. The number of amides is 1. The Balaban J connectivity index is 2.00. The highest BCUT2D eigenvalue weighted by atomic mass is 35.5. The number of halogens is 1. The number of anilines is 1. The first-order chi connectivity index (χ1) is 10.1. The Morgan fingerprint density at radius 3 is 2.19 bits per heavy atom. The fourth-order valence-corrected chi connectivity index (χ4v) is 2.17. The van der Waals surface area contributed by atoms with Crippen molar-refractivity contribution in [2.24, 2.45) is 5.10 Å². The summed E-state index contributed by atoms with van der Waals surface area (Å²) < 4.78 is 0. The maximum absolute atomic E-state index is 12.1. The van der Waals surface area contributed by atoms with Crippen LogP contribution in [0.25, 0.3) is 0 Å². The van der Waals surface area contributed by atoms with Crippen molar-refractivity contribution in [1.29, 1.82) is 0 Å². The second-order valence-electron chi connectivity index (χ2n) is 4.74. The lowest BCUT2D eigenvalue weighted by molar-refractivity contribution is -0.131. The van der Waals surface area contributed by atoms with Crippen LogP contribution in [0.1, 0.15) is 11.1 Å². The van der Waals surface area contributed by atoms with Gasteiger partial charge < -0.3 is 0 Å². The molecule has 2 aromatic rings. The number of carbonyl (C=O) groups excluding carboxylic acids is 2. The Morgan fingerprint density at radius 2 is 1.57 bits per heavy atom. The van der Waals surface area contributed by atoms with Crippen LogP contribution >= 0.6 is 11.6 Å². The topological polar surface area (TPSA) is 49.7 Å². The molecule has 5 heteroatoms. The maximum Gasteiger partial charge on any atom is 0.321 e. The van der Waals surface area contributed by atoms with Gasteiger partial charge in [0.25, 0.3) is 5.78 Å². The van der Waals surface area contributed by atoms with Crippen molar-refractivity contribution >= 4 is 34.7 Å². The quantitative estimate of drug-likeness (QED) is 0.800. The summed E-state index contributed by atoms with van der Waals surface area (Å²) in [6, 6.07) is 13.9. The van der Waals surface area contributed by atoms with Gasteiger partial charge in [-0.3, -0.25) is 9.59 Å². The highest BCUT2D eigenvalue weighted by Crippen LogP contribution is 2.23. The molecule has 0 bridgehead atoms. The van der Waals surface area contributed by atoms with E-state index in [4.69, 9.17) is 11.6 Å². The van der Waals surface area contributed by atoms with E-state index in [1.807, 2.05) is 19.1 Å². The summed E-state index contributed by atoms with van der Waals surface area (Å²) in [6.07, 6.45) is 0. The number of hydrazone groups is 1. The summed E-state index contributed by atoms with van der Waals surface area (Å²) in [7, 11) is 0. The molecule has 1 aliphatic heterocycles. The van der Waals surface area contributed by atoms with Gasteiger partial charge in [0, 0.05) is 10.6 Å². The minimum Gasteiger partial charge on any atom is -0.281 e. The van der Waals surface area contributed by atoms with Gasteiger partial charge in [-0.05, 0) is 31.2 Å². The van der Waals surface area contributed by atoms with E-state index in [0.717, 1.165) is 10.6 Å². The van der Waals surface area contributed by atoms with Gasteiger partial charge in [-0.2, -0.15) is 10.1 Å². The zero-order chi connectivity index (χ0) is 15.0. The molecule has 0 aromatic heterocycles. The fraction of sp³-hybridized carbons (Fsp3) is 0.0625. The predicted molar refractivity (Wildman–Crippen MR) is 81.7 cm³/mol. The highest BCUT2D eigenvalue weighted by molar-refractivity contribution is 6.72. The molecule has 3 rings (SSSR count). The molecular formula is C16H11ClN2O2. The standard InChI is InChI=1S/C16H11ClN2O2/c1-10-2-4-11(5-3-10)14-15(20)16(21)19(18-14)13-8-6-12(17)7-9-13/h2-9H,1H3. The van der Waals surface area contributed by atoms with E-state index in [2.05, 4.69) is 5.10 Å². The number of hydrogen-bond acceptors (Lipinski definition) is 3. The SMILES string of the molecule is Cc1ccc(C2=NN(c3ccc(Cl)cc3)C(=O)C2=O)cc1. The van der Waals surface area contributed by atoms with Crippen LogP contribution in [0.15, 0.2) is 53.6 Å². The van der Waals surface area contributed by atoms with Crippen LogP contribution in [-0.2, 0) is 9.59 Å². The number of rotatable bonds is 2. The maximum atomic E-state index is 12.1. The lowest BCUT2D eigenvalue weighted by Gasteiger charge is -2.09. The summed E-state index contributed by atoms with van der Waals surface area (Å²) in [5.74, 6) is -1.26. The van der Waals surface area contributed by atoms with Gasteiger partial charge in [-0.1, -0.05) is 41.4 Å². The number of ketones is 1. The average molecular weight is 299 g/mol. The molecule has 1 amide bonds. The first-order valence-corrected chi connectivity index (χ1v) is 6.74. The molecule has 0 atom stereocenters. The third-order valence-electron chi connectivity index (χ3n) is 3.20. The molecule has 0 radical (unpaired) electrons. The van der Waals surface area contributed by atoms with Crippen LogP contribution in [0.4, 0.5) is 5.69 Å². The number of Topliss-reactive ketones (excluding diaryl/α,β-unsaturated/α-hetero) is 1. The van der Waals surface area contributed by atoms with Crippen molar-refractivity contribution in [2.45, 2.75) is 6.92 Å². The second kappa shape index (κ2) is 5.14. The average Bonchev–Trinajstić information content (AvgIpc) is 2.78. The van der Waals surface area contributed by atoms with Crippen molar-refractivity contribution < 1.29 is 9.59 Å². The predicted octanol–water partition coefficient (Wildman–Crippen LogP) is 2.97. The van der Waals surface area contributed by atoms with Crippen molar-refractivity contribution in [1.82, 2.24) is 0 Å². The number of hydrogen-bond donors (Lipinski definition) is 0. The van der Waals surface area contributed by atoms with Crippen LogP contribution in [0.3, 0.4) is 0 Å². The fourth-order valence-electron chi connectivity index (χ4n) is 2.05. The van der Waals surface area contributed by atoms with Crippen molar-refractivity contribution in [3.8, 4) is 0 Å². The molecule has 0 fully saturated rings. The molecule has 1 heterocycles. The normalized spacial score (nSPS) is 14.6. The number of aryl methyl sites for hydroxylation is 1. The minimum atomic E-state index is -0.659. The van der Waals surface area contributed by atoms with Crippen molar-refractivity contribution in [3.05, 3.63) is 64.7 Å². The summed E-state index contributed by atoms with van der Waals surface area (Å²) in [5.41, 5.74) is 2.39. The smallest absolute Gasteiger partial charge is 0.281 e. The van der Waals surface area contributed by atoms with Crippen LogP contribution in [0.2, 0.25) is 5.02 Å². The van der Waals surface area contributed by atoms with Crippen LogP contribution in [0, 0.1) is 6.92 Å². The van der Waals surface area contributed by atoms with Gasteiger partial charge in [0.1, 0.15) is 5.71 Å². The summed E-state index contributed by atoms with van der Waals surface area (Å²) in [4.78, 5) is 24.2. The Labute approximate surface area is 126 Å². The molecule has 2 aromatic carbocycles. The summed E-state index contributed by atoms with van der Waals surface area (Å²) in [6.45, 7) is 1.95. The lowest BCUT2D eigenvalue weighted by Crippen LogP contribution is -2.27. The van der Waals surface area contributed by atoms with E-state index in [9.17, 15) is 9.59 Å². The van der Waals surface area contributed by atoms with Gasteiger partial charge in [-0.15, -0.1) is 0 Å². The van der Waals surface area contributed by atoms with E-state index in [1.165, 1.54) is 0 Å². The Morgan fingerprint density at radius 1 is 0.952 bits per heavy atom.